The summed E-state index contributed by atoms with van der Waals surface area (Å²) in [5, 5.41) is 167. The van der Waals surface area contributed by atoms with Gasteiger partial charge < -0.3 is 126 Å². The second kappa shape index (κ2) is 22.8. The summed E-state index contributed by atoms with van der Waals surface area (Å²) in [5.74, 6) is -13.4. The zero-order chi connectivity index (χ0) is 49.7. The lowest BCUT2D eigenvalue weighted by atomic mass is 9.87. The van der Waals surface area contributed by atoms with E-state index in [0.29, 0.717) is 0 Å². The van der Waals surface area contributed by atoms with E-state index in [0.717, 1.165) is 20.8 Å². The van der Waals surface area contributed by atoms with Gasteiger partial charge in [-0.1, -0.05) is 0 Å². The summed E-state index contributed by atoms with van der Waals surface area (Å²) in [6, 6.07) is -5.18. The summed E-state index contributed by atoms with van der Waals surface area (Å²) < 4.78 is 39.0. The summed E-state index contributed by atoms with van der Waals surface area (Å²) >= 11 is 0. The standard InChI is InChI=1S/C36H59N3O27/c1-10(44)37-19-13(47)4-35(33(56)57,64-28(19)22(50)15(49)6-40)63-17(8-42)24(52)29-20(38-11(2)45)14(48)5-36(65-29,34(58)59)66-30-23(51)16(7-41)61-32(26(30)54)62-27-18(9-43)60-31(55)21(25(27)53)39-12(3)46/h13-32,40-43,47-55H,4-9H2,1-3H3,(H,37,44)(H,38,45)(H,39,46)(H,56,57)(H,58,59)/t13-,14-,15+,16+,17+,18+,19+,20+,21+,22+,23-,24+,25+,26+,27+,28+,29+,30-,31+,32-,35+,36-/m0/s1. The number of amides is 3. The second-order valence-electron chi connectivity index (χ2n) is 16.2. The van der Waals surface area contributed by atoms with E-state index < -0.39 is 203 Å². The minimum atomic E-state index is -3.35. The van der Waals surface area contributed by atoms with Crippen LogP contribution < -0.4 is 16.0 Å². The zero-order valence-electron chi connectivity index (χ0n) is 35.4. The van der Waals surface area contributed by atoms with Gasteiger partial charge in [0.15, 0.2) is 12.6 Å². The van der Waals surface area contributed by atoms with Crippen LogP contribution in [-0.4, -0.2) is 267 Å². The number of carbonyl (C=O) groups excluding carboxylic acids is 3. The minimum Gasteiger partial charge on any atom is -0.477 e. The number of aliphatic hydroxyl groups excluding tert-OH is 13. The molecule has 30 heteroatoms. The molecule has 66 heavy (non-hydrogen) atoms. The van der Waals surface area contributed by atoms with Gasteiger partial charge in [-0.3, -0.25) is 14.4 Å². The van der Waals surface area contributed by atoms with Gasteiger partial charge in [-0.2, -0.15) is 0 Å². The topological polar surface area (TPSA) is 490 Å². The van der Waals surface area contributed by atoms with Crippen molar-refractivity contribution in [3.8, 4) is 0 Å². The number of carboxylic acid groups (broad SMARTS) is 2. The van der Waals surface area contributed by atoms with Gasteiger partial charge in [-0.05, 0) is 0 Å². The van der Waals surface area contributed by atoms with Gasteiger partial charge in [0.1, 0.15) is 85.4 Å². The van der Waals surface area contributed by atoms with Crippen LogP contribution in [0.3, 0.4) is 0 Å². The van der Waals surface area contributed by atoms with E-state index in [4.69, 9.17) is 33.2 Å². The fourth-order valence-electron chi connectivity index (χ4n) is 8.16. The first kappa shape index (κ1) is 55.1. The lowest BCUT2D eigenvalue weighted by molar-refractivity contribution is -0.384. The summed E-state index contributed by atoms with van der Waals surface area (Å²) in [6.07, 6.45) is -38.5. The van der Waals surface area contributed by atoms with Gasteiger partial charge in [0.25, 0.3) is 11.6 Å². The highest BCUT2D eigenvalue weighted by Gasteiger charge is 2.62. The molecule has 0 aromatic heterocycles. The van der Waals surface area contributed by atoms with Gasteiger partial charge in [0.05, 0.1) is 50.7 Å². The number of hydrogen-bond acceptors (Lipinski definition) is 25. The van der Waals surface area contributed by atoms with Crippen molar-refractivity contribution in [1.82, 2.24) is 16.0 Å². The Kier molecular flexibility index (Phi) is 19.0. The zero-order valence-corrected chi connectivity index (χ0v) is 35.4. The number of aliphatic hydroxyl groups is 13. The largest absolute Gasteiger partial charge is 0.477 e. The summed E-state index contributed by atoms with van der Waals surface area (Å²) in [7, 11) is 0. The van der Waals surface area contributed by atoms with E-state index in [-0.39, 0.29) is 0 Å². The highest BCUT2D eigenvalue weighted by atomic mass is 16.8. The van der Waals surface area contributed by atoms with Gasteiger partial charge in [0.2, 0.25) is 17.7 Å². The molecule has 4 aliphatic rings. The maximum atomic E-state index is 13.2. The Labute approximate surface area is 373 Å². The Balaban J connectivity index is 1.72. The number of ether oxygens (including phenoxy) is 7. The van der Waals surface area contributed by atoms with Crippen LogP contribution in [0, 0.1) is 0 Å². The fraction of sp³-hybridized carbons (Fsp3) is 0.861. The molecule has 0 unspecified atom stereocenters. The highest BCUT2D eigenvalue weighted by molar-refractivity contribution is 5.77. The third-order valence-corrected chi connectivity index (χ3v) is 11.4. The van der Waals surface area contributed by atoms with Crippen LogP contribution in [0.2, 0.25) is 0 Å². The lowest BCUT2D eigenvalue weighted by Gasteiger charge is -2.51. The van der Waals surface area contributed by atoms with Crippen LogP contribution in [0.4, 0.5) is 0 Å². The Morgan fingerprint density at radius 3 is 1.58 bits per heavy atom. The van der Waals surface area contributed by atoms with Gasteiger partial charge in [-0.15, -0.1) is 0 Å². The molecule has 4 fully saturated rings. The number of carbonyl (C=O) groups is 5. The monoisotopic (exact) mass is 965 g/mol. The lowest BCUT2D eigenvalue weighted by Crippen LogP contribution is -2.72. The molecule has 18 N–H and O–H groups in total. The predicted molar refractivity (Wildman–Crippen MR) is 203 cm³/mol. The molecule has 3 amide bonds. The third-order valence-electron chi connectivity index (χ3n) is 11.4. The molecule has 4 aliphatic heterocycles. The Hall–Kier alpha value is -3.45. The molecular weight excluding hydrogens is 906 g/mol. The first-order chi connectivity index (χ1) is 30.8. The van der Waals surface area contributed by atoms with Crippen molar-refractivity contribution in [3.63, 3.8) is 0 Å². The van der Waals surface area contributed by atoms with Gasteiger partial charge in [-0.25, -0.2) is 9.59 Å². The maximum Gasteiger partial charge on any atom is 0.364 e. The average Bonchev–Trinajstić information content (AvgIpc) is 3.24. The summed E-state index contributed by atoms with van der Waals surface area (Å²) in [5.41, 5.74) is 0. The van der Waals surface area contributed by atoms with Crippen LogP contribution in [0.25, 0.3) is 0 Å². The predicted octanol–water partition coefficient (Wildman–Crippen LogP) is -10.9. The Morgan fingerprint density at radius 2 is 1.11 bits per heavy atom. The SMILES string of the molecule is CC(=O)N[C@@H]1[C@@H](O)[C@H](O[C@@H]2O[C@H](CO)[C@H](O)[C@H](O[C@]3(C(=O)O)C[C@H](O)[C@@H](NC(C)=O)[C@H]([C@H](O)[C@@H](CO)O[C@]4(C(=O)O)C[C@H](O)[C@@H](NC(C)=O)[C@H]([C@H](O)[C@H](O)CO)O4)O3)[C@H]2O)[C@@H](CO)O[C@H]1O. The molecule has 0 aromatic carbocycles. The molecule has 4 heterocycles. The molecule has 0 saturated carbocycles. The van der Waals surface area contributed by atoms with E-state index in [2.05, 4.69) is 16.0 Å². The first-order valence-electron chi connectivity index (χ1n) is 20.3. The molecule has 30 nitrogen and oxygen atoms in total. The smallest absolute Gasteiger partial charge is 0.364 e. The highest BCUT2D eigenvalue weighted by Crippen LogP contribution is 2.40. The number of rotatable bonds is 19. The fourth-order valence-corrected chi connectivity index (χ4v) is 8.16. The summed E-state index contributed by atoms with van der Waals surface area (Å²) in [4.78, 5) is 62.2. The van der Waals surface area contributed by atoms with Crippen LogP contribution in [0.5, 0.6) is 0 Å². The first-order valence-corrected chi connectivity index (χ1v) is 20.3. The van der Waals surface area contributed by atoms with Crippen molar-refractivity contribution >= 4 is 29.7 Å². The third kappa shape index (κ3) is 11.9. The number of hydrogen-bond donors (Lipinski definition) is 18. The normalized spacial score (nSPS) is 41.4. The van der Waals surface area contributed by atoms with E-state index >= 15 is 0 Å². The average molecular weight is 966 g/mol. The van der Waals surface area contributed by atoms with E-state index in [1.807, 2.05) is 0 Å². The van der Waals surface area contributed by atoms with Crippen LogP contribution in [-0.2, 0) is 57.1 Å². The number of carboxylic acids is 2. The van der Waals surface area contributed by atoms with Crippen LogP contribution >= 0.6 is 0 Å². The molecule has 0 radical (unpaired) electrons. The number of nitrogens with one attached hydrogen (secondary N) is 3. The molecule has 4 saturated heterocycles. The maximum absolute atomic E-state index is 13.2. The Bertz CT molecular complexity index is 1680. The van der Waals surface area contributed by atoms with Crippen molar-refractivity contribution < 1.29 is 134 Å². The molecule has 0 bridgehead atoms. The number of aliphatic carboxylic acids is 2. The molecule has 4 rings (SSSR count). The molecular formula is C36H59N3O27. The van der Waals surface area contributed by atoms with Crippen molar-refractivity contribution in [2.45, 2.75) is 167 Å². The van der Waals surface area contributed by atoms with Crippen molar-refractivity contribution in [3.05, 3.63) is 0 Å². The summed E-state index contributed by atoms with van der Waals surface area (Å²) in [6.45, 7) is -1.74. The van der Waals surface area contributed by atoms with Crippen molar-refractivity contribution in [1.29, 1.82) is 0 Å². The van der Waals surface area contributed by atoms with E-state index in [9.17, 15) is 101 Å². The minimum absolute atomic E-state index is 0.758. The van der Waals surface area contributed by atoms with Crippen molar-refractivity contribution in [2.24, 2.45) is 0 Å². The Morgan fingerprint density at radius 1 is 0.621 bits per heavy atom. The van der Waals surface area contributed by atoms with Crippen molar-refractivity contribution in [2.75, 3.05) is 26.4 Å². The van der Waals surface area contributed by atoms with Gasteiger partial charge in [0, 0.05) is 33.6 Å². The molecule has 22 atom stereocenters. The molecule has 0 aliphatic carbocycles. The molecule has 380 valence electrons. The van der Waals surface area contributed by atoms with Gasteiger partial charge >= 0.3 is 11.9 Å². The second-order valence-corrected chi connectivity index (χ2v) is 16.2. The van der Waals surface area contributed by atoms with Crippen LogP contribution in [0.15, 0.2) is 0 Å². The molecule has 0 aromatic rings. The van der Waals surface area contributed by atoms with Crippen LogP contribution in [0.1, 0.15) is 33.6 Å². The molecule has 0 spiro atoms. The van der Waals surface area contributed by atoms with E-state index in [1.54, 1.807) is 0 Å². The van der Waals surface area contributed by atoms with E-state index in [1.165, 1.54) is 0 Å². The quantitative estimate of drug-likeness (QED) is 0.0571.